The van der Waals surface area contributed by atoms with Crippen LogP contribution in [0.15, 0.2) is 35.7 Å². The summed E-state index contributed by atoms with van der Waals surface area (Å²) in [4.78, 5) is 17.5. The SMILES string of the molecule is Cc1cc(NC(=O)c2cccs2)c2ccc(Cl)c(C)c2n1. The lowest BCUT2D eigenvalue weighted by atomic mass is 10.1. The summed E-state index contributed by atoms with van der Waals surface area (Å²) >= 11 is 7.57. The molecule has 0 radical (unpaired) electrons. The van der Waals surface area contributed by atoms with Crippen LogP contribution in [0.3, 0.4) is 0 Å². The lowest BCUT2D eigenvalue weighted by molar-refractivity contribution is 0.103. The number of amides is 1. The molecule has 0 aliphatic carbocycles. The molecule has 0 saturated carbocycles. The van der Waals surface area contributed by atoms with E-state index in [1.165, 1.54) is 11.3 Å². The van der Waals surface area contributed by atoms with E-state index in [2.05, 4.69) is 10.3 Å². The summed E-state index contributed by atoms with van der Waals surface area (Å²) in [7, 11) is 0. The molecule has 0 fully saturated rings. The van der Waals surface area contributed by atoms with Crippen LogP contribution in [0.2, 0.25) is 5.02 Å². The van der Waals surface area contributed by atoms with Crippen molar-refractivity contribution >= 4 is 45.4 Å². The molecule has 0 aliphatic rings. The highest BCUT2D eigenvalue weighted by atomic mass is 35.5. The number of aromatic nitrogens is 1. The number of hydrogen-bond donors (Lipinski definition) is 1. The van der Waals surface area contributed by atoms with E-state index in [0.29, 0.717) is 9.90 Å². The first-order valence-electron chi connectivity index (χ1n) is 6.47. The molecule has 0 unspecified atom stereocenters. The first-order valence-corrected chi connectivity index (χ1v) is 7.73. The number of carbonyl (C=O) groups is 1. The van der Waals surface area contributed by atoms with E-state index in [4.69, 9.17) is 11.6 Å². The van der Waals surface area contributed by atoms with Crippen molar-refractivity contribution in [2.75, 3.05) is 5.32 Å². The summed E-state index contributed by atoms with van der Waals surface area (Å²) in [5.41, 5.74) is 3.35. The standard InChI is InChI=1S/C16H13ClN2OS/c1-9-8-13(19-16(20)14-4-3-7-21-14)11-5-6-12(17)10(2)15(11)18-9/h3-8H,1-2H3,(H,18,19,20). The highest BCUT2D eigenvalue weighted by molar-refractivity contribution is 7.12. The number of halogens is 1. The van der Waals surface area contributed by atoms with Gasteiger partial charge in [-0.1, -0.05) is 17.7 Å². The lowest BCUT2D eigenvalue weighted by Gasteiger charge is -2.11. The van der Waals surface area contributed by atoms with Gasteiger partial charge in [-0.25, -0.2) is 0 Å². The van der Waals surface area contributed by atoms with E-state index in [1.807, 2.05) is 43.5 Å². The zero-order valence-corrected chi connectivity index (χ0v) is 13.2. The number of rotatable bonds is 2. The number of benzene rings is 1. The van der Waals surface area contributed by atoms with E-state index in [0.717, 1.165) is 27.8 Å². The Hall–Kier alpha value is -1.91. The van der Waals surface area contributed by atoms with E-state index in [-0.39, 0.29) is 5.91 Å². The molecule has 1 amide bonds. The quantitative estimate of drug-likeness (QED) is 0.736. The molecule has 3 aromatic rings. The molecule has 21 heavy (non-hydrogen) atoms. The first-order chi connectivity index (χ1) is 10.1. The number of fused-ring (bicyclic) bond motifs is 1. The van der Waals surface area contributed by atoms with Crippen molar-refractivity contribution in [1.29, 1.82) is 0 Å². The second-order valence-electron chi connectivity index (χ2n) is 4.81. The van der Waals surface area contributed by atoms with Crippen molar-refractivity contribution in [2.24, 2.45) is 0 Å². The molecular formula is C16H13ClN2OS. The summed E-state index contributed by atoms with van der Waals surface area (Å²) in [6, 6.07) is 9.26. The fraction of sp³-hybridized carbons (Fsp3) is 0.125. The summed E-state index contributed by atoms with van der Waals surface area (Å²) < 4.78 is 0. The molecule has 3 nitrogen and oxygen atoms in total. The van der Waals surface area contributed by atoms with Gasteiger partial charge >= 0.3 is 0 Å². The van der Waals surface area contributed by atoms with Crippen molar-refractivity contribution in [3.8, 4) is 0 Å². The van der Waals surface area contributed by atoms with Crippen molar-refractivity contribution in [3.63, 3.8) is 0 Å². The summed E-state index contributed by atoms with van der Waals surface area (Å²) in [5, 5.41) is 6.42. The fourth-order valence-electron chi connectivity index (χ4n) is 2.23. The number of nitrogens with one attached hydrogen (secondary N) is 1. The Morgan fingerprint density at radius 1 is 1.29 bits per heavy atom. The van der Waals surface area contributed by atoms with Gasteiger partial charge in [-0.15, -0.1) is 11.3 Å². The number of anilines is 1. The second kappa shape index (κ2) is 5.47. The summed E-state index contributed by atoms with van der Waals surface area (Å²) in [5.74, 6) is -0.107. The number of carbonyl (C=O) groups excluding carboxylic acids is 1. The third-order valence-electron chi connectivity index (χ3n) is 3.29. The average molecular weight is 317 g/mol. The number of pyridine rings is 1. The predicted octanol–water partition coefficient (Wildman–Crippen LogP) is 4.82. The van der Waals surface area contributed by atoms with Crippen LogP contribution in [0.5, 0.6) is 0 Å². The Morgan fingerprint density at radius 3 is 2.81 bits per heavy atom. The topological polar surface area (TPSA) is 42.0 Å². The van der Waals surface area contributed by atoms with Gasteiger partial charge in [-0.3, -0.25) is 9.78 Å². The number of nitrogens with zero attached hydrogens (tertiary/aromatic N) is 1. The van der Waals surface area contributed by atoms with Gasteiger partial charge in [0.2, 0.25) is 0 Å². The maximum atomic E-state index is 12.2. The van der Waals surface area contributed by atoms with Gasteiger partial charge < -0.3 is 5.32 Å². The Balaban J connectivity index is 2.10. The van der Waals surface area contributed by atoms with Crippen molar-refractivity contribution in [1.82, 2.24) is 4.98 Å². The predicted molar refractivity (Wildman–Crippen MR) is 88.5 cm³/mol. The van der Waals surface area contributed by atoms with Gasteiger partial charge in [0.1, 0.15) is 0 Å². The third-order valence-corrected chi connectivity index (χ3v) is 4.57. The van der Waals surface area contributed by atoms with Crippen LogP contribution in [0.25, 0.3) is 10.9 Å². The van der Waals surface area contributed by atoms with Gasteiger partial charge in [0.25, 0.3) is 5.91 Å². The highest BCUT2D eigenvalue weighted by Crippen LogP contribution is 2.30. The molecule has 0 aliphatic heterocycles. The van der Waals surface area contributed by atoms with E-state index < -0.39 is 0 Å². The normalized spacial score (nSPS) is 10.8. The van der Waals surface area contributed by atoms with Crippen LogP contribution in [-0.4, -0.2) is 10.9 Å². The first kappa shape index (κ1) is 14.0. The smallest absolute Gasteiger partial charge is 0.265 e. The molecule has 1 N–H and O–H groups in total. The highest BCUT2D eigenvalue weighted by Gasteiger charge is 2.12. The van der Waals surface area contributed by atoms with Gasteiger partial charge in [-0.05, 0) is 49.1 Å². The molecule has 2 aromatic heterocycles. The largest absolute Gasteiger partial charge is 0.321 e. The minimum Gasteiger partial charge on any atom is -0.321 e. The number of aryl methyl sites for hydroxylation is 2. The lowest BCUT2D eigenvalue weighted by Crippen LogP contribution is -2.11. The van der Waals surface area contributed by atoms with Crippen molar-refractivity contribution in [2.45, 2.75) is 13.8 Å². The Kier molecular flexibility index (Phi) is 3.66. The number of hydrogen-bond acceptors (Lipinski definition) is 3. The van der Waals surface area contributed by atoms with Gasteiger partial charge in [0.15, 0.2) is 0 Å². The summed E-state index contributed by atoms with van der Waals surface area (Å²) in [6.45, 7) is 3.84. The summed E-state index contributed by atoms with van der Waals surface area (Å²) in [6.07, 6.45) is 0. The van der Waals surface area contributed by atoms with Crippen LogP contribution in [-0.2, 0) is 0 Å². The van der Waals surface area contributed by atoms with Gasteiger partial charge in [0, 0.05) is 16.1 Å². The Bertz CT molecular complexity index is 828. The van der Waals surface area contributed by atoms with Gasteiger partial charge in [0.05, 0.1) is 16.1 Å². The molecule has 1 aromatic carbocycles. The molecule has 2 heterocycles. The molecule has 3 rings (SSSR count). The second-order valence-corrected chi connectivity index (χ2v) is 6.17. The Morgan fingerprint density at radius 2 is 2.10 bits per heavy atom. The van der Waals surface area contributed by atoms with E-state index >= 15 is 0 Å². The van der Waals surface area contributed by atoms with Crippen LogP contribution in [0.4, 0.5) is 5.69 Å². The molecule has 0 bridgehead atoms. The van der Waals surface area contributed by atoms with Crippen LogP contribution >= 0.6 is 22.9 Å². The molecule has 0 atom stereocenters. The molecule has 5 heteroatoms. The maximum Gasteiger partial charge on any atom is 0.265 e. The van der Waals surface area contributed by atoms with Crippen LogP contribution in [0, 0.1) is 13.8 Å². The molecule has 106 valence electrons. The zero-order chi connectivity index (χ0) is 15.0. The average Bonchev–Trinajstić information content (AvgIpc) is 2.97. The third kappa shape index (κ3) is 2.64. The minimum atomic E-state index is -0.107. The van der Waals surface area contributed by atoms with Crippen LogP contribution < -0.4 is 5.32 Å². The van der Waals surface area contributed by atoms with E-state index in [1.54, 1.807) is 6.07 Å². The maximum absolute atomic E-state index is 12.2. The van der Waals surface area contributed by atoms with Crippen molar-refractivity contribution in [3.05, 3.63) is 56.9 Å². The van der Waals surface area contributed by atoms with E-state index in [9.17, 15) is 4.79 Å². The molecule has 0 saturated heterocycles. The van der Waals surface area contributed by atoms with Crippen molar-refractivity contribution < 1.29 is 4.79 Å². The molecule has 0 spiro atoms. The Labute approximate surface area is 131 Å². The van der Waals surface area contributed by atoms with Gasteiger partial charge in [-0.2, -0.15) is 0 Å². The minimum absolute atomic E-state index is 0.107. The van der Waals surface area contributed by atoms with Crippen LogP contribution in [0.1, 0.15) is 20.9 Å². The monoisotopic (exact) mass is 316 g/mol. The zero-order valence-electron chi connectivity index (χ0n) is 11.6. The fourth-order valence-corrected chi connectivity index (χ4v) is 3.00. The number of thiophene rings is 1. The molecular weight excluding hydrogens is 304 g/mol.